The van der Waals surface area contributed by atoms with Gasteiger partial charge in [-0.1, -0.05) is 11.8 Å². The van der Waals surface area contributed by atoms with Crippen LogP contribution in [0.5, 0.6) is 11.8 Å². The van der Waals surface area contributed by atoms with Crippen molar-refractivity contribution < 1.29 is 13.9 Å². The highest BCUT2D eigenvalue weighted by Gasteiger charge is 2.40. The molecular formula is C20H20FN3O2S. The van der Waals surface area contributed by atoms with Crippen molar-refractivity contribution in [3.8, 4) is 23.6 Å². The standard InChI is InChI=1S/C20H20FN3O2S/c1-14(2-3-15-4-6-17(21)7-5-15)9-11-25-19-20(23-27-22-19)26-18-13-24-10-8-16(18)12-24/h4-7,9,16,18H,8,10-13H2,1H3. The van der Waals surface area contributed by atoms with Crippen LogP contribution in [0.1, 0.15) is 18.9 Å². The molecule has 5 nitrogen and oxygen atoms in total. The number of hydrogen-bond donors (Lipinski definition) is 0. The maximum absolute atomic E-state index is 12.9. The van der Waals surface area contributed by atoms with Gasteiger partial charge in [-0.05, 0) is 55.8 Å². The largest absolute Gasteiger partial charge is 0.469 e. The maximum atomic E-state index is 12.9. The Bertz CT molecular complexity index is 885. The monoisotopic (exact) mass is 385 g/mol. The number of nitrogens with zero attached hydrogens (tertiary/aromatic N) is 3. The van der Waals surface area contributed by atoms with E-state index in [9.17, 15) is 4.39 Å². The van der Waals surface area contributed by atoms with Gasteiger partial charge in [0, 0.05) is 24.6 Å². The molecule has 4 rings (SSSR count). The Morgan fingerprint density at radius 1 is 1.30 bits per heavy atom. The molecule has 27 heavy (non-hydrogen) atoms. The van der Waals surface area contributed by atoms with Crippen molar-refractivity contribution in [1.82, 2.24) is 13.6 Å². The Hall–Kier alpha value is -2.43. The van der Waals surface area contributed by atoms with E-state index in [1.165, 1.54) is 25.1 Å². The molecule has 2 aliphatic heterocycles. The van der Waals surface area contributed by atoms with Gasteiger partial charge in [0.1, 0.15) is 18.5 Å². The molecule has 1 aromatic heterocycles. The first-order valence-corrected chi connectivity index (χ1v) is 9.69. The van der Waals surface area contributed by atoms with E-state index in [1.807, 2.05) is 13.0 Å². The molecule has 0 saturated carbocycles. The number of aromatic nitrogens is 2. The van der Waals surface area contributed by atoms with Crippen LogP contribution in [0.15, 0.2) is 35.9 Å². The van der Waals surface area contributed by atoms with Gasteiger partial charge in [-0.2, -0.15) is 0 Å². The lowest BCUT2D eigenvalue weighted by Gasteiger charge is -2.22. The van der Waals surface area contributed by atoms with E-state index in [-0.39, 0.29) is 11.9 Å². The van der Waals surface area contributed by atoms with Gasteiger partial charge in [-0.15, -0.1) is 8.75 Å². The minimum absolute atomic E-state index is 0.184. The summed E-state index contributed by atoms with van der Waals surface area (Å²) in [5.41, 5.74) is 1.64. The van der Waals surface area contributed by atoms with Crippen LogP contribution < -0.4 is 9.47 Å². The van der Waals surface area contributed by atoms with Gasteiger partial charge in [0.25, 0.3) is 11.8 Å². The molecule has 0 N–H and O–H groups in total. The lowest BCUT2D eigenvalue weighted by atomic mass is 10.0. The molecule has 0 amide bonds. The molecule has 0 aliphatic carbocycles. The zero-order valence-corrected chi connectivity index (χ0v) is 15.8. The van der Waals surface area contributed by atoms with Gasteiger partial charge in [0.05, 0.1) is 11.7 Å². The summed E-state index contributed by atoms with van der Waals surface area (Å²) < 4.78 is 33.1. The predicted octanol–water partition coefficient (Wildman–Crippen LogP) is 3.14. The molecule has 3 atom stereocenters. The van der Waals surface area contributed by atoms with E-state index < -0.39 is 0 Å². The highest BCUT2D eigenvalue weighted by molar-refractivity contribution is 6.99. The van der Waals surface area contributed by atoms with Crippen LogP contribution in [-0.2, 0) is 0 Å². The highest BCUT2D eigenvalue weighted by Crippen LogP contribution is 2.33. The van der Waals surface area contributed by atoms with Crippen LogP contribution in [0.3, 0.4) is 0 Å². The normalized spacial score (nSPS) is 23.8. The molecule has 0 radical (unpaired) electrons. The van der Waals surface area contributed by atoms with Gasteiger partial charge in [-0.25, -0.2) is 4.39 Å². The first-order chi connectivity index (χ1) is 13.2. The fourth-order valence-corrected chi connectivity index (χ4v) is 3.79. The molecule has 1 aromatic carbocycles. The first kappa shape index (κ1) is 18.0. The van der Waals surface area contributed by atoms with Crippen LogP contribution in [0.2, 0.25) is 0 Å². The lowest BCUT2D eigenvalue weighted by Crippen LogP contribution is -2.32. The molecule has 2 aliphatic rings. The van der Waals surface area contributed by atoms with E-state index in [0.717, 1.165) is 36.0 Å². The third-order valence-electron chi connectivity index (χ3n) is 4.82. The van der Waals surface area contributed by atoms with Crippen molar-refractivity contribution in [1.29, 1.82) is 0 Å². The van der Waals surface area contributed by atoms with Gasteiger partial charge >= 0.3 is 0 Å². The van der Waals surface area contributed by atoms with E-state index in [2.05, 4.69) is 25.5 Å². The second kappa shape index (κ2) is 8.07. The SMILES string of the molecule is CC(C#Cc1ccc(F)cc1)=CCOc1nsnc1OC1CN2CCC1C2. The summed E-state index contributed by atoms with van der Waals surface area (Å²) in [5, 5.41) is 0. The zero-order chi connectivity index (χ0) is 18.6. The van der Waals surface area contributed by atoms with Crippen molar-refractivity contribution in [3.63, 3.8) is 0 Å². The van der Waals surface area contributed by atoms with Crippen LogP contribution in [0.4, 0.5) is 4.39 Å². The minimum Gasteiger partial charge on any atom is -0.469 e. The van der Waals surface area contributed by atoms with Crippen LogP contribution in [-0.4, -0.2) is 46.0 Å². The number of ether oxygens (including phenoxy) is 2. The van der Waals surface area contributed by atoms with Crippen molar-refractivity contribution in [2.24, 2.45) is 5.92 Å². The second-order valence-electron chi connectivity index (χ2n) is 6.79. The summed E-state index contributed by atoms with van der Waals surface area (Å²) in [6.45, 7) is 5.49. The molecular weight excluding hydrogens is 365 g/mol. The van der Waals surface area contributed by atoms with Crippen molar-refractivity contribution in [2.45, 2.75) is 19.4 Å². The van der Waals surface area contributed by atoms with E-state index in [1.54, 1.807) is 12.1 Å². The summed E-state index contributed by atoms with van der Waals surface area (Å²) in [7, 11) is 0. The summed E-state index contributed by atoms with van der Waals surface area (Å²) in [5.74, 6) is 7.27. The number of piperidine rings is 1. The van der Waals surface area contributed by atoms with Crippen molar-refractivity contribution >= 4 is 11.7 Å². The van der Waals surface area contributed by atoms with E-state index >= 15 is 0 Å². The molecule has 0 spiro atoms. The molecule has 2 saturated heterocycles. The molecule has 3 heterocycles. The number of benzene rings is 1. The third-order valence-corrected chi connectivity index (χ3v) is 5.32. The van der Waals surface area contributed by atoms with E-state index in [0.29, 0.717) is 24.3 Å². The molecule has 2 bridgehead atoms. The first-order valence-electron chi connectivity index (χ1n) is 8.96. The Morgan fingerprint density at radius 3 is 2.85 bits per heavy atom. The number of rotatable bonds is 5. The highest BCUT2D eigenvalue weighted by atomic mass is 32.1. The fraction of sp³-hybridized carbons (Fsp3) is 0.400. The average Bonchev–Trinajstić information content (AvgIpc) is 3.39. The van der Waals surface area contributed by atoms with Crippen LogP contribution in [0.25, 0.3) is 0 Å². The number of hydrogen-bond acceptors (Lipinski definition) is 6. The van der Waals surface area contributed by atoms with Crippen molar-refractivity contribution in [2.75, 3.05) is 26.2 Å². The van der Waals surface area contributed by atoms with Gasteiger partial charge < -0.3 is 9.47 Å². The number of halogens is 1. The Balaban J connectivity index is 1.31. The molecule has 2 aromatic rings. The molecule has 7 heteroatoms. The molecule has 2 fully saturated rings. The lowest BCUT2D eigenvalue weighted by molar-refractivity contribution is 0.130. The summed E-state index contributed by atoms with van der Waals surface area (Å²) in [6, 6.07) is 6.11. The molecule has 140 valence electrons. The Kier molecular flexibility index (Phi) is 5.37. The summed E-state index contributed by atoms with van der Waals surface area (Å²) >= 11 is 1.09. The zero-order valence-electron chi connectivity index (χ0n) is 15.0. The van der Waals surface area contributed by atoms with Gasteiger partial charge in [0.2, 0.25) is 0 Å². The van der Waals surface area contributed by atoms with Gasteiger partial charge in [-0.3, -0.25) is 4.90 Å². The predicted molar refractivity (Wildman–Crippen MR) is 101 cm³/mol. The summed E-state index contributed by atoms with van der Waals surface area (Å²) in [6.07, 6.45) is 3.25. The average molecular weight is 385 g/mol. The quantitative estimate of drug-likeness (QED) is 0.740. The Morgan fingerprint density at radius 2 is 2.11 bits per heavy atom. The van der Waals surface area contributed by atoms with E-state index in [4.69, 9.17) is 9.47 Å². The number of allylic oxidation sites excluding steroid dienone is 1. The minimum atomic E-state index is -0.265. The topological polar surface area (TPSA) is 47.5 Å². The molecule has 3 unspecified atom stereocenters. The Labute approximate surface area is 162 Å². The summed E-state index contributed by atoms with van der Waals surface area (Å²) in [4.78, 5) is 2.42. The maximum Gasteiger partial charge on any atom is 0.291 e. The second-order valence-corrected chi connectivity index (χ2v) is 7.32. The van der Waals surface area contributed by atoms with Crippen LogP contribution >= 0.6 is 11.7 Å². The smallest absolute Gasteiger partial charge is 0.291 e. The third kappa shape index (κ3) is 4.46. The fourth-order valence-electron chi connectivity index (χ4n) is 3.35. The van der Waals surface area contributed by atoms with Crippen molar-refractivity contribution in [3.05, 3.63) is 47.3 Å². The number of fused-ring (bicyclic) bond motifs is 2. The van der Waals surface area contributed by atoms with Gasteiger partial charge in [0.15, 0.2) is 0 Å². The van der Waals surface area contributed by atoms with Crippen LogP contribution in [0, 0.1) is 23.6 Å².